The summed E-state index contributed by atoms with van der Waals surface area (Å²) >= 11 is 0. The first-order valence-electron chi connectivity index (χ1n) is 7.13. The second-order valence-corrected chi connectivity index (χ2v) is 5.52. The zero-order valence-electron chi connectivity index (χ0n) is 11.6. The molecule has 3 heteroatoms. The van der Waals surface area contributed by atoms with E-state index in [1.165, 1.54) is 5.56 Å². The zero-order valence-corrected chi connectivity index (χ0v) is 11.6. The number of carbonyl (C=O) groups is 1. The number of aliphatic hydroxyl groups is 1. The summed E-state index contributed by atoms with van der Waals surface area (Å²) in [7, 11) is 0. The van der Waals surface area contributed by atoms with E-state index in [0.29, 0.717) is 12.3 Å². The van der Waals surface area contributed by atoms with Gasteiger partial charge in [-0.25, -0.2) is 0 Å². The molecule has 1 saturated heterocycles. The van der Waals surface area contributed by atoms with Gasteiger partial charge in [0.2, 0.25) is 5.91 Å². The molecule has 2 rings (SSSR count). The molecule has 1 aromatic rings. The van der Waals surface area contributed by atoms with Crippen molar-refractivity contribution in [2.75, 3.05) is 19.7 Å². The molecule has 1 N–H and O–H groups in total. The summed E-state index contributed by atoms with van der Waals surface area (Å²) in [5.74, 6) is 0.687. The summed E-state index contributed by atoms with van der Waals surface area (Å²) in [5.41, 5.74) is 2.30. The number of aliphatic hydroxyl groups excluding tert-OH is 1. The van der Waals surface area contributed by atoms with Gasteiger partial charge in [0.25, 0.3) is 0 Å². The fourth-order valence-electron chi connectivity index (χ4n) is 2.70. The molecule has 0 radical (unpaired) electrons. The Morgan fingerprint density at radius 3 is 2.79 bits per heavy atom. The molecule has 1 aliphatic heterocycles. The van der Waals surface area contributed by atoms with Crippen molar-refractivity contribution >= 4 is 5.91 Å². The van der Waals surface area contributed by atoms with Crippen LogP contribution in [0.1, 0.15) is 30.4 Å². The van der Waals surface area contributed by atoms with Crippen LogP contribution in [-0.4, -0.2) is 35.6 Å². The van der Waals surface area contributed by atoms with Crippen LogP contribution in [0.25, 0.3) is 0 Å². The molecule has 1 amide bonds. The van der Waals surface area contributed by atoms with Gasteiger partial charge >= 0.3 is 0 Å². The summed E-state index contributed by atoms with van der Waals surface area (Å²) in [6.45, 7) is 3.96. The van der Waals surface area contributed by atoms with E-state index in [-0.39, 0.29) is 12.5 Å². The monoisotopic (exact) mass is 261 g/mol. The van der Waals surface area contributed by atoms with Gasteiger partial charge in [-0.1, -0.05) is 29.8 Å². The first kappa shape index (κ1) is 14.1. The molecule has 1 aliphatic rings. The number of hydrogen-bond donors (Lipinski definition) is 1. The Bertz CT molecular complexity index is 411. The number of benzene rings is 1. The Kier molecular flexibility index (Phi) is 4.97. The molecule has 1 fully saturated rings. The molecule has 0 saturated carbocycles. The van der Waals surface area contributed by atoms with Crippen molar-refractivity contribution in [2.45, 2.75) is 32.6 Å². The Labute approximate surface area is 115 Å². The molecule has 1 atom stereocenters. The SMILES string of the molecule is Cc1ccc(CC(=O)N2CCCC(CCO)C2)cc1. The van der Waals surface area contributed by atoms with Gasteiger partial charge < -0.3 is 10.0 Å². The lowest BCUT2D eigenvalue weighted by molar-refractivity contribution is -0.132. The van der Waals surface area contributed by atoms with E-state index in [2.05, 4.69) is 6.92 Å². The fraction of sp³-hybridized carbons (Fsp3) is 0.562. The minimum absolute atomic E-state index is 0.214. The summed E-state index contributed by atoms with van der Waals surface area (Å²) < 4.78 is 0. The van der Waals surface area contributed by atoms with Gasteiger partial charge in [0.05, 0.1) is 6.42 Å². The van der Waals surface area contributed by atoms with Crippen molar-refractivity contribution in [1.29, 1.82) is 0 Å². The van der Waals surface area contributed by atoms with E-state index in [4.69, 9.17) is 5.11 Å². The number of carbonyl (C=O) groups excluding carboxylic acids is 1. The zero-order chi connectivity index (χ0) is 13.7. The summed E-state index contributed by atoms with van der Waals surface area (Å²) in [5, 5.41) is 9.00. The number of rotatable bonds is 4. The third-order valence-corrected chi connectivity index (χ3v) is 3.88. The molecule has 0 spiro atoms. The topological polar surface area (TPSA) is 40.5 Å². The lowest BCUT2D eigenvalue weighted by atomic mass is 9.94. The van der Waals surface area contributed by atoms with Crippen LogP contribution in [0, 0.1) is 12.8 Å². The first-order chi connectivity index (χ1) is 9.19. The van der Waals surface area contributed by atoms with Gasteiger partial charge in [0.15, 0.2) is 0 Å². The molecule has 0 aliphatic carbocycles. The van der Waals surface area contributed by atoms with E-state index >= 15 is 0 Å². The highest BCUT2D eigenvalue weighted by molar-refractivity contribution is 5.78. The Morgan fingerprint density at radius 1 is 1.37 bits per heavy atom. The van der Waals surface area contributed by atoms with E-state index in [9.17, 15) is 4.79 Å². The van der Waals surface area contributed by atoms with Crippen molar-refractivity contribution < 1.29 is 9.90 Å². The molecular formula is C16H23NO2. The molecular weight excluding hydrogens is 238 g/mol. The van der Waals surface area contributed by atoms with Crippen molar-refractivity contribution in [3.8, 4) is 0 Å². The predicted octanol–water partition coefficient (Wildman–Crippen LogP) is 2.16. The normalized spacial score (nSPS) is 19.5. The first-order valence-corrected chi connectivity index (χ1v) is 7.13. The third kappa shape index (κ3) is 4.06. The maximum absolute atomic E-state index is 12.3. The molecule has 1 heterocycles. The highest BCUT2D eigenvalue weighted by atomic mass is 16.3. The Morgan fingerprint density at radius 2 is 2.11 bits per heavy atom. The number of aryl methyl sites for hydroxylation is 1. The van der Waals surface area contributed by atoms with Crippen LogP contribution in [0.3, 0.4) is 0 Å². The Hall–Kier alpha value is -1.35. The average molecular weight is 261 g/mol. The molecule has 3 nitrogen and oxygen atoms in total. The Balaban J connectivity index is 1.90. The maximum Gasteiger partial charge on any atom is 0.226 e. The predicted molar refractivity (Wildman–Crippen MR) is 75.9 cm³/mol. The molecule has 1 aromatic carbocycles. The number of hydrogen-bond acceptors (Lipinski definition) is 2. The second kappa shape index (κ2) is 6.71. The van der Waals surface area contributed by atoms with Gasteiger partial charge in [-0.3, -0.25) is 4.79 Å². The minimum Gasteiger partial charge on any atom is -0.396 e. The summed E-state index contributed by atoms with van der Waals surface area (Å²) in [6.07, 6.45) is 3.50. The molecule has 104 valence electrons. The van der Waals surface area contributed by atoms with Gasteiger partial charge in [0, 0.05) is 19.7 Å². The number of likely N-dealkylation sites (tertiary alicyclic amines) is 1. The average Bonchev–Trinajstić information content (AvgIpc) is 2.42. The maximum atomic E-state index is 12.3. The van der Waals surface area contributed by atoms with Gasteiger partial charge in [-0.2, -0.15) is 0 Å². The van der Waals surface area contributed by atoms with Crippen molar-refractivity contribution in [2.24, 2.45) is 5.92 Å². The van der Waals surface area contributed by atoms with Crippen molar-refractivity contribution in [3.63, 3.8) is 0 Å². The second-order valence-electron chi connectivity index (χ2n) is 5.52. The quantitative estimate of drug-likeness (QED) is 0.902. The molecule has 1 unspecified atom stereocenters. The third-order valence-electron chi connectivity index (χ3n) is 3.88. The van der Waals surface area contributed by atoms with Crippen LogP contribution in [0.2, 0.25) is 0 Å². The van der Waals surface area contributed by atoms with Crippen LogP contribution in [-0.2, 0) is 11.2 Å². The van der Waals surface area contributed by atoms with Gasteiger partial charge in [-0.05, 0) is 37.7 Å². The smallest absolute Gasteiger partial charge is 0.226 e. The molecule has 0 aromatic heterocycles. The van der Waals surface area contributed by atoms with Gasteiger partial charge in [0.1, 0.15) is 0 Å². The fourth-order valence-corrected chi connectivity index (χ4v) is 2.70. The highest BCUT2D eigenvalue weighted by Crippen LogP contribution is 2.20. The highest BCUT2D eigenvalue weighted by Gasteiger charge is 2.23. The molecule has 0 bridgehead atoms. The minimum atomic E-state index is 0.214. The van der Waals surface area contributed by atoms with E-state index < -0.39 is 0 Å². The van der Waals surface area contributed by atoms with Crippen molar-refractivity contribution in [1.82, 2.24) is 4.90 Å². The van der Waals surface area contributed by atoms with Crippen LogP contribution in [0.5, 0.6) is 0 Å². The van der Waals surface area contributed by atoms with E-state index in [1.54, 1.807) is 0 Å². The summed E-state index contributed by atoms with van der Waals surface area (Å²) in [6, 6.07) is 8.16. The number of piperidine rings is 1. The molecule has 19 heavy (non-hydrogen) atoms. The van der Waals surface area contributed by atoms with E-state index in [1.807, 2.05) is 29.2 Å². The van der Waals surface area contributed by atoms with Crippen LogP contribution >= 0.6 is 0 Å². The number of amides is 1. The van der Waals surface area contributed by atoms with Crippen LogP contribution < -0.4 is 0 Å². The van der Waals surface area contributed by atoms with Crippen LogP contribution in [0.4, 0.5) is 0 Å². The standard InChI is InChI=1S/C16H23NO2/c1-13-4-6-14(7-5-13)11-16(19)17-9-2-3-15(12-17)8-10-18/h4-7,15,18H,2-3,8-12H2,1H3. The number of nitrogens with zero attached hydrogens (tertiary/aromatic N) is 1. The van der Waals surface area contributed by atoms with Crippen LogP contribution in [0.15, 0.2) is 24.3 Å². The van der Waals surface area contributed by atoms with Crippen molar-refractivity contribution in [3.05, 3.63) is 35.4 Å². The summed E-state index contributed by atoms with van der Waals surface area (Å²) in [4.78, 5) is 14.2. The van der Waals surface area contributed by atoms with E-state index in [0.717, 1.165) is 37.9 Å². The largest absolute Gasteiger partial charge is 0.396 e. The lowest BCUT2D eigenvalue weighted by Gasteiger charge is -2.32. The van der Waals surface area contributed by atoms with Gasteiger partial charge in [-0.15, -0.1) is 0 Å². The lowest BCUT2D eigenvalue weighted by Crippen LogP contribution is -2.40.